The maximum absolute atomic E-state index is 12.4. The zero-order valence-electron chi connectivity index (χ0n) is 18.2. The number of carbonyl (C=O) groups excluding carboxylic acids is 2. The number of amides is 2. The Bertz CT molecular complexity index is 772. The Morgan fingerprint density at radius 2 is 1.86 bits per heavy atom. The fraction of sp³-hybridized carbons (Fsp3) is 0.650. The van der Waals surface area contributed by atoms with Crippen molar-refractivity contribution in [2.24, 2.45) is 0 Å². The Hall–Kier alpha value is -2.13. The number of anilines is 1. The van der Waals surface area contributed by atoms with Crippen LogP contribution in [0.1, 0.15) is 54.9 Å². The third kappa shape index (κ3) is 4.72. The number of rotatable bonds is 3. The summed E-state index contributed by atoms with van der Waals surface area (Å²) in [4.78, 5) is 30.4. The van der Waals surface area contributed by atoms with Crippen LogP contribution in [0.15, 0.2) is 18.3 Å². The van der Waals surface area contributed by atoms with Gasteiger partial charge in [-0.3, -0.25) is 9.69 Å². The molecule has 158 valence electrons. The smallest absolute Gasteiger partial charge is 0.444 e. The fourth-order valence-corrected chi connectivity index (χ4v) is 3.18. The summed E-state index contributed by atoms with van der Waals surface area (Å²) in [5, 5.41) is 2.75. The van der Waals surface area contributed by atoms with E-state index in [-0.39, 0.29) is 18.4 Å². The van der Waals surface area contributed by atoms with Crippen molar-refractivity contribution in [3.8, 4) is 0 Å². The number of ether oxygens (including phenoxy) is 1. The molecule has 0 spiro atoms. The lowest BCUT2D eigenvalue weighted by molar-refractivity contribution is -0.117. The highest BCUT2D eigenvalue weighted by atomic mass is 16.7. The predicted molar refractivity (Wildman–Crippen MR) is 110 cm³/mol. The molecule has 3 heterocycles. The van der Waals surface area contributed by atoms with E-state index >= 15 is 0 Å². The van der Waals surface area contributed by atoms with E-state index in [1.807, 2.05) is 33.8 Å². The second-order valence-electron chi connectivity index (χ2n) is 9.59. The van der Waals surface area contributed by atoms with Gasteiger partial charge in [-0.1, -0.05) is 6.07 Å². The topological polar surface area (TPSA) is 90.0 Å². The van der Waals surface area contributed by atoms with Gasteiger partial charge in [0.1, 0.15) is 11.4 Å². The minimum atomic E-state index is -0.586. The molecule has 1 N–H and O–H groups in total. The van der Waals surface area contributed by atoms with Crippen LogP contribution in [0.2, 0.25) is 0 Å². The van der Waals surface area contributed by atoms with Gasteiger partial charge in [-0.15, -0.1) is 0 Å². The molecule has 1 aromatic rings. The zero-order valence-corrected chi connectivity index (χ0v) is 18.2. The molecule has 0 bridgehead atoms. The first-order chi connectivity index (χ1) is 13.3. The van der Waals surface area contributed by atoms with E-state index in [2.05, 4.69) is 10.3 Å². The number of aromatic nitrogens is 1. The SMILES string of the molecule is CC(C)(C)OC(=O)N[C@H]1CC(=O)N(c2ccc(B3OC(C)(C)C(C)(C)O3)cn2)C1. The summed E-state index contributed by atoms with van der Waals surface area (Å²) >= 11 is 0. The first-order valence-electron chi connectivity index (χ1n) is 9.89. The third-order valence-electron chi connectivity index (χ3n) is 5.42. The van der Waals surface area contributed by atoms with E-state index in [1.165, 1.54) is 0 Å². The van der Waals surface area contributed by atoms with E-state index in [0.717, 1.165) is 5.46 Å². The van der Waals surface area contributed by atoms with Gasteiger partial charge in [-0.05, 0) is 54.5 Å². The third-order valence-corrected chi connectivity index (χ3v) is 5.42. The molecule has 1 atom stereocenters. The molecule has 0 radical (unpaired) electrons. The molecular weight excluding hydrogens is 373 g/mol. The molecule has 1 aromatic heterocycles. The highest BCUT2D eigenvalue weighted by molar-refractivity contribution is 6.62. The first-order valence-corrected chi connectivity index (χ1v) is 9.89. The summed E-state index contributed by atoms with van der Waals surface area (Å²) in [6, 6.07) is 3.31. The summed E-state index contributed by atoms with van der Waals surface area (Å²) in [7, 11) is -0.502. The van der Waals surface area contributed by atoms with Crippen molar-refractivity contribution < 1.29 is 23.6 Å². The molecule has 2 amide bonds. The molecule has 0 aliphatic carbocycles. The lowest BCUT2D eigenvalue weighted by Crippen LogP contribution is -2.41. The van der Waals surface area contributed by atoms with Crippen molar-refractivity contribution in [3.63, 3.8) is 0 Å². The Balaban J connectivity index is 1.63. The zero-order chi connectivity index (χ0) is 21.6. The van der Waals surface area contributed by atoms with E-state index in [9.17, 15) is 9.59 Å². The van der Waals surface area contributed by atoms with Crippen molar-refractivity contribution in [2.75, 3.05) is 11.4 Å². The minimum Gasteiger partial charge on any atom is -0.444 e. The predicted octanol–water partition coefficient (Wildman–Crippen LogP) is 2.01. The standard InChI is InChI=1S/C20H30BN3O5/c1-18(2,3)27-17(26)23-14-10-16(25)24(12-14)15-9-8-13(11-22-15)21-28-19(4,5)20(6,7)29-21/h8-9,11,14H,10,12H2,1-7H3,(H,23,26)/t14-/m0/s1. The molecule has 3 rings (SSSR count). The van der Waals surface area contributed by atoms with Gasteiger partial charge in [0.25, 0.3) is 0 Å². The summed E-state index contributed by atoms with van der Waals surface area (Å²) in [5.74, 6) is 0.436. The molecule has 9 heteroatoms. The molecule has 0 aromatic carbocycles. The monoisotopic (exact) mass is 403 g/mol. The highest BCUT2D eigenvalue weighted by Crippen LogP contribution is 2.36. The molecule has 2 aliphatic rings. The second kappa shape index (κ2) is 7.29. The largest absolute Gasteiger partial charge is 0.496 e. The van der Waals surface area contributed by atoms with Gasteiger partial charge >= 0.3 is 13.2 Å². The van der Waals surface area contributed by atoms with Crippen molar-refractivity contribution >= 4 is 30.4 Å². The van der Waals surface area contributed by atoms with Gasteiger partial charge in [-0.2, -0.15) is 0 Å². The van der Waals surface area contributed by atoms with Gasteiger partial charge in [-0.25, -0.2) is 9.78 Å². The Morgan fingerprint density at radius 1 is 1.24 bits per heavy atom. The van der Waals surface area contributed by atoms with Crippen molar-refractivity contribution in [2.45, 2.75) is 77.7 Å². The molecule has 2 aliphatic heterocycles. The Labute approximate surface area is 172 Å². The number of hydrogen-bond acceptors (Lipinski definition) is 6. The van der Waals surface area contributed by atoms with Crippen molar-refractivity contribution in [1.82, 2.24) is 10.3 Å². The van der Waals surface area contributed by atoms with Crippen LogP contribution in [0.4, 0.5) is 10.6 Å². The van der Waals surface area contributed by atoms with E-state index in [0.29, 0.717) is 12.4 Å². The first kappa shape index (κ1) is 21.6. The number of hydrogen-bond donors (Lipinski definition) is 1. The number of nitrogens with zero attached hydrogens (tertiary/aromatic N) is 2. The van der Waals surface area contributed by atoms with Crippen LogP contribution in [0.3, 0.4) is 0 Å². The van der Waals surface area contributed by atoms with Crippen LogP contribution in [0, 0.1) is 0 Å². The van der Waals surface area contributed by atoms with Gasteiger partial charge < -0.3 is 19.4 Å². The summed E-state index contributed by atoms with van der Waals surface area (Å²) in [6.45, 7) is 13.7. The average molecular weight is 403 g/mol. The summed E-state index contributed by atoms with van der Waals surface area (Å²) in [5.41, 5.74) is -0.650. The number of carbonyl (C=O) groups is 2. The molecule has 29 heavy (non-hydrogen) atoms. The lowest BCUT2D eigenvalue weighted by Gasteiger charge is -2.32. The van der Waals surface area contributed by atoms with Crippen LogP contribution in [0.5, 0.6) is 0 Å². The number of pyridine rings is 1. The maximum Gasteiger partial charge on any atom is 0.496 e. The Morgan fingerprint density at radius 3 is 2.38 bits per heavy atom. The van der Waals surface area contributed by atoms with E-state index in [4.69, 9.17) is 14.0 Å². The molecule has 2 fully saturated rings. The van der Waals surface area contributed by atoms with Crippen LogP contribution in [-0.2, 0) is 18.8 Å². The maximum atomic E-state index is 12.4. The highest BCUT2D eigenvalue weighted by Gasteiger charge is 2.51. The van der Waals surface area contributed by atoms with Crippen molar-refractivity contribution in [3.05, 3.63) is 18.3 Å². The van der Waals surface area contributed by atoms with E-state index in [1.54, 1.807) is 37.9 Å². The molecule has 8 nitrogen and oxygen atoms in total. The average Bonchev–Trinajstić information content (AvgIpc) is 3.02. The van der Waals surface area contributed by atoms with Crippen LogP contribution < -0.4 is 15.7 Å². The fourth-order valence-electron chi connectivity index (χ4n) is 3.18. The molecule has 0 saturated carbocycles. The van der Waals surface area contributed by atoms with Crippen LogP contribution >= 0.6 is 0 Å². The van der Waals surface area contributed by atoms with Gasteiger partial charge in [0.15, 0.2) is 0 Å². The normalized spacial score (nSPS) is 23.4. The van der Waals surface area contributed by atoms with Crippen LogP contribution in [-0.4, -0.2) is 53.5 Å². The van der Waals surface area contributed by atoms with Gasteiger partial charge in [0.05, 0.1) is 17.2 Å². The van der Waals surface area contributed by atoms with E-state index < -0.39 is 30.0 Å². The second-order valence-corrected chi connectivity index (χ2v) is 9.59. The Kier molecular flexibility index (Phi) is 5.42. The molecule has 0 unspecified atom stereocenters. The minimum absolute atomic E-state index is 0.0954. The quantitative estimate of drug-likeness (QED) is 0.777. The summed E-state index contributed by atoms with van der Waals surface area (Å²) in [6.07, 6.45) is 1.35. The van der Waals surface area contributed by atoms with Crippen LogP contribution in [0.25, 0.3) is 0 Å². The summed E-state index contributed by atoms with van der Waals surface area (Å²) < 4.78 is 17.3. The van der Waals surface area contributed by atoms with Gasteiger partial charge in [0, 0.05) is 24.6 Å². The molecule has 2 saturated heterocycles. The lowest BCUT2D eigenvalue weighted by atomic mass is 9.80. The van der Waals surface area contributed by atoms with Gasteiger partial charge in [0.2, 0.25) is 5.91 Å². The number of nitrogens with one attached hydrogen (secondary N) is 1. The van der Waals surface area contributed by atoms with Crippen molar-refractivity contribution in [1.29, 1.82) is 0 Å². The molecular formula is C20H30BN3O5. The number of alkyl carbamates (subject to hydrolysis) is 1.